The number of pyridine rings is 4. The fourth-order valence-electron chi connectivity index (χ4n) is 14.8. The molecule has 0 radical (unpaired) electrons. The van der Waals surface area contributed by atoms with Crippen molar-refractivity contribution in [1.29, 1.82) is 0 Å². The molecule has 4 heterocycles. The van der Waals surface area contributed by atoms with Crippen LogP contribution in [0.3, 0.4) is 0 Å². The summed E-state index contributed by atoms with van der Waals surface area (Å²) >= 11 is 0. The van der Waals surface area contributed by atoms with Crippen molar-refractivity contribution >= 4 is 43.6 Å². The average Bonchev–Trinajstić information content (AvgIpc) is 0.811. The Labute approximate surface area is 526 Å². The lowest BCUT2D eigenvalue weighted by Crippen LogP contribution is -2.31. The Morgan fingerprint density at radius 2 is 0.473 bits per heavy atom. The van der Waals surface area contributed by atoms with Crippen LogP contribution in [0.1, 0.15) is 195 Å². The zero-order valence-electron chi connectivity index (χ0n) is 49.6. The van der Waals surface area contributed by atoms with E-state index in [0.29, 0.717) is 45.2 Å². The lowest BCUT2D eigenvalue weighted by Gasteiger charge is -2.32. The van der Waals surface area contributed by atoms with Gasteiger partial charge < -0.3 is 22.9 Å². The van der Waals surface area contributed by atoms with E-state index < -0.39 is 47.0 Å². The first-order valence-corrected chi connectivity index (χ1v) is 30.3. The predicted octanol–water partition coefficient (Wildman–Crippen LogP) is 19.8. The molecule has 12 rings (SSSR count). The van der Waals surface area contributed by atoms with Crippen molar-refractivity contribution < 1.29 is 52.7 Å². The van der Waals surface area contributed by atoms with Gasteiger partial charge >= 0.3 is 24.7 Å². The molecule has 4 aliphatic rings. The van der Waals surface area contributed by atoms with Crippen LogP contribution in [0.2, 0.25) is 0 Å². The molecule has 8 N–H and O–H groups in total. The lowest BCUT2D eigenvalue weighted by molar-refractivity contribution is -0.137. The zero-order valence-corrected chi connectivity index (χ0v) is 49.6. The van der Waals surface area contributed by atoms with Gasteiger partial charge in [0.25, 0.3) is 0 Å². The molecule has 4 aliphatic carbocycles. The summed E-state index contributed by atoms with van der Waals surface area (Å²) in [4.78, 5) is 16.0. The summed E-state index contributed by atoms with van der Waals surface area (Å²) in [5, 5.41) is 2.40. The molecule has 12 atom stereocenters. The summed E-state index contributed by atoms with van der Waals surface area (Å²) in [6.45, 7) is 8.60. The summed E-state index contributed by atoms with van der Waals surface area (Å²) in [5.41, 5.74) is 25.7. The highest BCUT2D eigenvalue weighted by atomic mass is 19.4. The number of hydrogen-bond acceptors (Lipinski definition) is 8. The van der Waals surface area contributed by atoms with Crippen molar-refractivity contribution in [3.05, 3.63) is 166 Å². The predicted molar refractivity (Wildman–Crippen MR) is 342 cm³/mol. The van der Waals surface area contributed by atoms with E-state index in [1.54, 1.807) is 72.8 Å². The van der Waals surface area contributed by atoms with Crippen LogP contribution >= 0.6 is 0 Å². The maximum atomic E-state index is 13.2. The smallest absolute Gasteiger partial charge is 0.328 e. The van der Waals surface area contributed by atoms with Crippen molar-refractivity contribution in [2.45, 2.75) is 200 Å². The largest absolute Gasteiger partial charge is 0.418 e. The van der Waals surface area contributed by atoms with Crippen LogP contribution < -0.4 is 22.9 Å². The number of benzene rings is 4. The molecule has 0 amide bonds. The number of nitrogens with two attached hydrogens (primary N) is 4. The Morgan fingerprint density at radius 3 is 0.637 bits per heavy atom. The maximum Gasteiger partial charge on any atom is 0.418 e. The summed E-state index contributed by atoms with van der Waals surface area (Å²) in [6.07, 6.45) is -0.857. The summed E-state index contributed by atoms with van der Waals surface area (Å²) in [7, 11) is 0. The molecule has 496 valence electrons. The molecule has 0 saturated heterocycles. The van der Waals surface area contributed by atoms with Gasteiger partial charge in [0.15, 0.2) is 0 Å². The summed E-state index contributed by atoms with van der Waals surface area (Å²) in [5.74, 6) is 2.76. The molecule has 0 unspecified atom stereocenters. The highest BCUT2D eigenvalue weighted by molar-refractivity contribution is 5.89. The van der Waals surface area contributed by atoms with Crippen LogP contribution in [0.25, 0.3) is 43.6 Å². The second-order valence-corrected chi connectivity index (χ2v) is 25.5. The van der Waals surface area contributed by atoms with E-state index in [2.05, 4.69) is 47.6 Å². The zero-order chi connectivity index (χ0) is 63.6. The van der Waals surface area contributed by atoms with Gasteiger partial charge in [-0.2, -0.15) is 52.7 Å². The number of aromatic nitrogens is 4. The lowest BCUT2D eigenvalue weighted by atomic mass is 9.75. The first kappa shape index (κ1) is 73.6. The normalized spacial score (nSPS) is 25.5. The van der Waals surface area contributed by atoms with Crippen LogP contribution in [0.15, 0.2) is 122 Å². The van der Waals surface area contributed by atoms with E-state index in [1.165, 1.54) is 24.8 Å². The van der Waals surface area contributed by atoms with Gasteiger partial charge in [0, 0.05) is 70.5 Å². The van der Waals surface area contributed by atoms with Crippen LogP contribution in [-0.4, -0.2) is 44.1 Å². The molecule has 0 spiro atoms. The van der Waals surface area contributed by atoms with E-state index in [9.17, 15) is 52.7 Å². The van der Waals surface area contributed by atoms with Crippen molar-refractivity contribution in [1.82, 2.24) is 19.9 Å². The summed E-state index contributed by atoms with van der Waals surface area (Å²) < 4.78 is 158. The van der Waals surface area contributed by atoms with E-state index in [1.807, 2.05) is 0 Å². The third-order valence-electron chi connectivity index (χ3n) is 18.1. The van der Waals surface area contributed by atoms with E-state index >= 15 is 0 Å². The van der Waals surface area contributed by atoms with Gasteiger partial charge in [0.1, 0.15) is 0 Å². The quantitative estimate of drug-likeness (QED) is 0.127. The SMILES string of the molecule is C.C.C.C[C@@H]1C[C@@H](N)C[C@@H](c2ccc(C(F)(F)F)c3ncccc23)C1.C[C@@H]1C[C@H](N)C[C@H](c2ccc(C(F)(F)F)c3ncccc23)C1.C[C@H]1C[C@@H](N)C[C@@H](c2ccc(C(F)(F)F)c3ncccc23)C1.C[C@H]1C[C@@H](N)C[C@H](c2ccc(C(F)(F)F)c3ncccc23)C1. The van der Waals surface area contributed by atoms with Crippen LogP contribution in [0.4, 0.5) is 52.7 Å². The Kier molecular flexibility index (Phi) is 24.3. The number of rotatable bonds is 4. The van der Waals surface area contributed by atoms with Crippen LogP contribution in [0, 0.1) is 23.7 Å². The number of alkyl halides is 12. The van der Waals surface area contributed by atoms with Gasteiger partial charge in [-0.3, -0.25) is 19.9 Å². The Morgan fingerprint density at radius 1 is 0.286 bits per heavy atom. The van der Waals surface area contributed by atoms with Gasteiger partial charge in [-0.05, 0) is 195 Å². The summed E-state index contributed by atoms with van der Waals surface area (Å²) in [6, 6.07) is 25.3. The van der Waals surface area contributed by atoms with E-state index in [0.717, 1.165) is 124 Å². The maximum absolute atomic E-state index is 13.2. The molecule has 4 aromatic carbocycles. The fraction of sp³-hybridized carbons (Fsp3) is 0.493. The minimum Gasteiger partial charge on any atom is -0.328 e. The highest BCUT2D eigenvalue weighted by Gasteiger charge is 2.39. The molecule has 0 bridgehead atoms. The number of halogens is 12. The van der Waals surface area contributed by atoms with Gasteiger partial charge in [-0.1, -0.05) is 98.5 Å². The van der Waals surface area contributed by atoms with Crippen molar-refractivity contribution in [2.75, 3.05) is 0 Å². The average molecular weight is 1280 g/mol. The molecule has 0 aliphatic heterocycles. The second kappa shape index (κ2) is 30.1. The molecule has 4 saturated carbocycles. The minimum atomic E-state index is -4.39. The fourth-order valence-corrected chi connectivity index (χ4v) is 14.8. The number of nitrogens with zero attached hydrogens (tertiary/aromatic N) is 4. The molecule has 8 aromatic rings. The number of hydrogen-bond donors (Lipinski definition) is 4. The van der Waals surface area contributed by atoms with Crippen molar-refractivity contribution in [3.63, 3.8) is 0 Å². The molecule has 20 heteroatoms. The third-order valence-corrected chi connectivity index (χ3v) is 18.1. The Bertz CT molecular complexity index is 3160. The topological polar surface area (TPSA) is 156 Å². The molecular weight excluding hydrogens is 1190 g/mol. The van der Waals surface area contributed by atoms with Crippen LogP contribution in [-0.2, 0) is 24.7 Å². The number of fused-ring (bicyclic) bond motifs is 4. The standard InChI is InChI=1S/4C17H19F3N2.3CH4/c4*1-10-7-11(9-12(21)8-10)13-4-5-15(17(18,19)20)16-14(13)3-2-6-22-16;;;/h4*2-6,10-12H,7-9,21H2,1H3;3*1H4/t2*10-,11+,12-;10-,11-,12+;10-,11-,12-;;;/m1001.../s1. The van der Waals surface area contributed by atoms with Crippen molar-refractivity contribution in [3.8, 4) is 0 Å². The van der Waals surface area contributed by atoms with Crippen LogP contribution in [0.5, 0.6) is 0 Å². The monoisotopic (exact) mass is 1280 g/mol. The second-order valence-electron chi connectivity index (χ2n) is 25.5. The Balaban J connectivity index is 0.000000191. The van der Waals surface area contributed by atoms with Gasteiger partial charge in [0.2, 0.25) is 0 Å². The first-order valence-electron chi connectivity index (χ1n) is 30.3. The Hall–Kier alpha value is -6.48. The third kappa shape index (κ3) is 17.6. The molecule has 4 aromatic heterocycles. The van der Waals surface area contributed by atoms with E-state index in [-0.39, 0.29) is 92.2 Å². The molecule has 4 fully saturated rings. The molecular formula is C71H88F12N8. The van der Waals surface area contributed by atoms with Gasteiger partial charge in [-0.25, -0.2) is 0 Å². The minimum absolute atomic E-state index is 0. The van der Waals surface area contributed by atoms with Crippen molar-refractivity contribution in [2.24, 2.45) is 46.6 Å². The molecule has 8 nitrogen and oxygen atoms in total. The highest BCUT2D eigenvalue weighted by Crippen LogP contribution is 2.47. The van der Waals surface area contributed by atoms with E-state index in [4.69, 9.17) is 22.9 Å². The van der Waals surface area contributed by atoms with Gasteiger partial charge in [0.05, 0.1) is 44.3 Å². The first-order chi connectivity index (χ1) is 41.4. The van der Waals surface area contributed by atoms with Gasteiger partial charge in [-0.15, -0.1) is 0 Å². The molecule has 91 heavy (non-hydrogen) atoms.